The molecule has 0 aliphatic rings. The van der Waals surface area contributed by atoms with Gasteiger partial charge in [-0.2, -0.15) is 0 Å². The van der Waals surface area contributed by atoms with Crippen LogP contribution >= 0.6 is 0 Å². The fourth-order valence-electron chi connectivity index (χ4n) is 1.82. The largest absolute Gasteiger partial charge is 0.306 e. The average Bonchev–Trinajstić information content (AvgIpc) is 2.37. The highest BCUT2D eigenvalue weighted by Crippen LogP contribution is 2.06. The quantitative estimate of drug-likeness (QED) is 0.520. The second-order valence-electron chi connectivity index (χ2n) is 4.69. The Balaban J connectivity index is 2.30. The molecule has 0 amide bonds. The predicted octanol–water partition coefficient (Wildman–Crippen LogP) is 3.52. The number of benzene rings is 1. The summed E-state index contributed by atoms with van der Waals surface area (Å²) in [6, 6.07) is 5.76. The Morgan fingerprint density at radius 2 is 1.83 bits per heavy atom. The van der Waals surface area contributed by atoms with E-state index in [9.17, 15) is 9.18 Å². The van der Waals surface area contributed by atoms with Gasteiger partial charge in [0.25, 0.3) is 0 Å². The molecule has 1 rings (SSSR count). The molecule has 0 saturated carbocycles. The third-order valence-corrected chi connectivity index (χ3v) is 3.03. The van der Waals surface area contributed by atoms with Crippen molar-refractivity contribution >= 4 is 5.78 Å². The lowest BCUT2D eigenvalue weighted by Gasteiger charge is -2.15. The third kappa shape index (κ3) is 5.41. The molecule has 18 heavy (non-hydrogen) atoms. The van der Waals surface area contributed by atoms with Gasteiger partial charge in [-0.05, 0) is 44.3 Å². The average molecular weight is 251 g/mol. The fourth-order valence-corrected chi connectivity index (χ4v) is 1.82. The fraction of sp³-hybridized carbons (Fsp3) is 0.533. The van der Waals surface area contributed by atoms with Crippen LogP contribution in [-0.2, 0) is 0 Å². The van der Waals surface area contributed by atoms with Gasteiger partial charge < -0.3 is 4.90 Å². The van der Waals surface area contributed by atoms with Gasteiger partial charge in [-0.15, -0.1) is 0 Å². The maximum Gasteiger partial charge on any atom is 0.164 e. The van der Waals surface area contributed by atoms with Crippen molar-refractivity contribution in [1.82, 2.24) is 4.90 Å². The summed E-state index contributed by atoms with van der Waals surface area (Å²) in [6.07, 6.45) is 4.12. The zero-order valence-corrected chi connectivity index (χ0v) is 11.3. The zero-order chi connectivity index (χ0) is 13.4. The van der Waals surface area contributed by atoms with Crippen LogP contribution in [0.1, 0.15) is 43.0 Å². The van der Waals surface area contributed by atoms with Crippen molar-refractivity contribution in [2.75, 3.05) is 20.1 Å². The minimum Gasteiger partial charge on any atom is -0.306 e. The number of hydrogen-bond acceptors (Lipinski definition) is 2. The first-order valence-electron chi connectivity index (χ1n) is 6.60. The Bertz CT molecular complexity index is 361. The molecule has 100 valence electrons. The topological polar surface area (TPSA) is 20.3 Å². The van der Waals surface area contributed by atoms with Crippen molar-refractivity contribution in [3.8, 4) is 0 Å². The van der Waals surface area contributed by atoms with Crippen molar-refractivity contribution in [2.24, 2.45) is 0 Å². The predicted molar refractivity (Wildman–Crippen MR) is 72.4 cm³/mol. The van der Waals surface area contributed by atoms with Crippen molar-refractivity contribution < 1.29 is 9.18 Å². The van der Waals surface area contributed by atoms with Gasteiger partial charge in [0, 0.05) is 18.5 Å². The summed E-state index contributed by atoms with van der Waals surface area (Å²) in [5.74, 6) is -0.222. The van der Waals surface area contributed by atoms with E-state index in [0.717, 1.165) is 13.1 Å². The van der Waals surface area contributed by atoms with Crippen molar-refractivity contribution in [1.29, 1.82) is 0 Å². The molecular formula is C15H22FNO. The van der Waals surface area contributed by atoms with E-state index in [-0.39, 0.29) is 11.6 Å². The summed E-state index contributed by atoms with van der Waals surface area (Å²) in [5.41, 5.74) is 0.596. The Kier molecular flexibility index (Phi) is 6.58. The van der Waals surface area contributed by atoms with E-state index >= 15 is 0 Å². The molecule has 0 atom stereocenters. The molecule has 0 spiro atoms. The number of hydrogen-bond donors (Lipinski definition) is 0. The van der Waals surface area contributed by atoms with Gasteiger partial charge >= 0.3 is 0 Å². The maximum atomic E-state index is 12.7. The number of nitrogens with zero attached hydrogens (tertiary/aromatic N) is 1. The van der Waals surface area contributed by atoms with Crippen LogP contribution in [0.2, 0.25) is 0 Å². The highest BCUT2D eigenvalue weighted by atomic mass is 19.1. The van der Waals surface area contributed by atoms with Crippen LogP contribution in [0.3, 0.4) is 0 Å². The van der Waals surface area contributed by atoms with Gasteiger partial charge in [-0.1, -0.05) is 19.8 Å². The molecule has 1 aromatic carbocycles. The lowest BCUT2D eigenvalue weighted by molar-refractivity contribution is 0.0968. The number of carbonyl (C=O) groups is 1. The van der Waals surface area contributed by atoms with E-state index < -0.39 is 0 Å². The van der Waals surface area contributed by atoms with E-state index in [4.69, 9.17) is 0 Å². The van der Waals surface area contributed by atoms with E-state index in [1.165, 1.54) is 31.4 Å². The molecule has 0 aliphatic heterocycles. The number of carbonyl (C=O) groups excluding carboxylic acids is 1. The zero-order valence-electron chi connectivity index (χ0n) is 11.3. The molecule has 0 N–H and O–H groups in total. The third-order valence-electron chi connectivity index (χ3n) is 3.03. The molecule has 0 saturated heterocycles. The maximum absolute atomic E-state index is 12.7. The lowest BCUT2D eigenvalue weighted by atomic mass is 10.1. The first-order chi connectivity index (χ1) is 8.63. The number of halogens is 1. The molecule has 0 aromatic heterocycles. The summed E-state index contributed by atoms with van der Waals surface area (Å²) in [6.45, 7) is 3.97. The first-order valence-corrected chi connectivity index (χ1v) is 6.60. The standard InChI is InChI=1S/C15H22FNO/c1-3-4-5-11-17(2)12-10-15(18)13-6-8-14(16)9-7-13/h6-9H,3-5,10-12H2,1-2H3. The highest BCUT2D eigenvalue weighted by Gasteiger charge is 2.07. The van der Waals surface area contributed by atoms with Gasteiger partial charge in [-0.25, -0.2) is 4.39 Å². The van der Waals surface area contributed by atoms with Gasteiger partial charge in [0.15, 0.2) is 5.78 Å². The Hall–Kier alpha value is -1.22. The monoisotopic (exact) mass is 251 g/mol. The van der Waals surface area contributed by atoms with Crippen LogP contribution in [0.4, 0.5) is 4.39 Å². The summed E-state index contributed by atoms with van der Waals surface area (Å²) in [4.78, 5) is 14.0. The van der Waals surface area contributed by atoms with Gasteiger partial charge in [0.2, 0.25) is 0 Å². The van der Waals surface area contributed by atoms with Crippen molar-refractivity contribution in [2.45, 2.75) is 32.6 Å². The SMILES string of the molecule is CCCCCN(C)CCC(=O)c1ccc(F)cc1. The number of ketones is 1. The molecular weight excluding hydrogens is 229 g/mol. The number of rotatable bonds is 8. The van der Waals surface area contributed by atoms with Crippen LogP contribution in [0.15, 0.2) is 24.3 Å². The van der Waals surface area contributed by atoms with Crippen molar-refractivity contribution in [3.63, 3.8) is 0 Å². The minimum absolute atomic E-state index is 0.0809. The molecule has 3 heteroatoms. The van der Waals surface area contributed by atoms with Gasteiger partial charge in [0.05, 0.1) is 0 Å². The lowest BCUT2D eigenvalue weighted by Crippen LogP contribution is -2.23. The Morgan fingerprint density at radius 3 is 2.44 bits per heavy atom. The summed E-state index contributed by atoms with van der Waals surface area (Å²) < 4.78 is 12.7. The molecule has 0 unspecified atom stereocenters. The minimum atomic E-state index is -0.303. The van der Waals surface area contributed by atoms with Crippen LogP contribution in [0.5, 0.6) is 0 Å². The first kappa shape index (κ1) is 14.8. The number of unbranched alkanes of at least 4 members (excludes halogenated alkanes) is 2. The highest BCUT2D eigenvalue weighted by molar-refractivity contribution is 5.96. The Morgan fingerprint density at radius 1 is 1.17 bits per heavy atom. The molecule has 0 bridgehead atoms. The van der Waals surface area contributed by atoms with Crippen LogP contribution in [0.25, 0.3) is 0 Å². The molecule has 1 aromatic rings. The second kappa shape index (κ2) is 7.98. The smallest absolute Gasteiger partial charge is 0.164 e. The van der Waals surface area contributed by atoms with Crippen LogP contribution < -0.4 is 0 Å². The van der Waals surface area contributed by atoms with Gasteiger partial charge in [0.1, 0.15) is 5.82 Å². The second-order valence-corrected chi connectivity index (χ2v) is 4.69. The molecule has 2 nitrogen and oxygen atoms in total. The summed E-state index contributed by atoms with van der Waals surface area (Å²) in [5, 5.41) is 0. The summed E-state index contributed by atoms with van der Waals surface area (Å²) >= 11 is 0. The van der Waals surface area contributed by atoms with Crippen LogP contribution in [-0.4, -0.2) is 30.8 Å². The normalized spacial score (nSPS) is 10.9. The molecule has 0 fully saturated rings. The van der Waals surface area contributed by atoms with Gasteiger partial charge in [-0.3, -0.25) is 4.79 Å². The van der Waals surface area contributed by atoms with E-state index in [0.29, 0.717) is 12.0 Å². The summed E-state index contributed by atoms with van der Waals surface area (Å²) in [7, 11) is 2.04. The van der Waals surface area contributed by atoms with E-state index in [2.05, 4.69) is 11.8 Å². The Labute approximate surface area is 109 Å². The van der Waals surface area contributed by atoms with Crippen LogP contribution in [0, 0.1) is 5.82 Å². The molecule has 0 aliphatic carbocycles. The van der Waals surface area contributed by atoms with Crippen molar-refractivity contribution in [3.05, 3.63) is 35.6 Å². The molecule has 0 heterocycles. The van der Waals surface area contributed by atoms with E-state index in [1.54, 1.807) is 12.1 Å². The molecule has 0 radical (unpaired) electrons. The van der Waals surface area contributed by atoms with E-state index in [1.807, 2.05) is 7.05 Å². The number of Topliss-reactive ketones (excluding diaryl/α,β-unsaturated/α-hetero) is 1.